The van der Waals surface area contributed by atoms with Crippen molar-refractivity contribution >= 4 is 36.7 Å². The molecule has 0 saturated carbocycles. The second kappa shape index (κ2) is 10.7. The van der Waals surface area contributed by atoms with Crippen molar-refractivity contribution in [2.75, 3.05) is 26.2 Å². The van der Waals surface area contributed by atoms with E-state index in [4.69, 9.17) is 10.4 Å². The highest BCUT2D eigenvalue weighted by molar-refractivity contribution is 6.47. The Morgan fingerprint density at radius 3 is 2.65 bits per heavy atom. The molecule has 1 saturated heterocycles. The first-order valence-electron chi connectivity index (χ1n) is 11.0. The second-order valence-corrected chi connectivity index (χ2v) is 8.16. The van der Waals surface area contributed by atoms with Gasteiger partial charge in [0.15, 0.2) is 5.78 Å². The fraction of sp³-hybridized carbons (Fsp3) is 0.476. The number of nitrogens with two attached hydrogens (primary N) is 1. The minimum absolute atomic E-state index is 0.00561. The monoisotopic (exact) mass is 474 g/mol. The molecular weight excluding hydrogens is 447 g/mol. The normalized spacial score (nSPS) is 18.8. The van der Waals surface area contributed by atoms with Crippen LogP contribution in [-0.4, -0.2) is 88.9 Å². The first kappa shape index (κ1) is 25.2. The number of carbonyl (C=O) groups is 5. The van der Waals surface area contributed by atoms with Crippen molar-refractivity contribution in [3.05, 3.63) is 29.3 Å². The molecule has 5 N–H and O–H groups in total. The van der Waals surface area contributed by atoms with Gasteiger partial charge in [-0.2, -0.15) is 0 Å². The molecular formula is C21H27BN4O8. The zero-order valence-electron chi connectivity index (χ0n) is 18.7. The van der Waals surface area contributed by atoms with Gasteiger partial charge >= 0.3 is 30.9 Å². The van der Waals surface area contributed by atoms with Gasteiger partial charge in [0.25, 0.3) is 0 Å². The summed E-state index contributed by atoms with van der Waals surface area (Å²) in [6.45, 7) is 2.35. The van der Waals surface area contributed by atoms with Gasteiger partial charge in [-0.1, -0.05) is 12.1 Å². The highest BCUT2D eigenvalue weighted by Crippen LogP contribution is 2.36. The van der Waals surface area contributed by atoms with Crippen LogP contribution >= 0.6 is 0 Å². The summed E-state index contributed by atoms with van der Waals surface area (Å²) in [5, 5.41) is 22.2. The van der Waals surface area contributed by atoms with Crippen LogP contribution in [-0.2, 0) is 20.8 Å². The first-order chi connectivity index (χ1) is 16.2. The number of benzene rings is 1. The minimum atomic E-state index is -1.42. The van der Waals surface area contributed by atoms with Gasteiger partial charge in [-0.3, -0.25) is 19.3 Å². The Hall–Kier alpha value is -3.45. The molecule has 1 fully saturated rings. The van der Waals surface area contributed by atoms with E-state index < -0.39 is 48.6 Å². The van der Waals surface area contributed by atoms with E-state index in [0.29, 0.717) is 12.1 Å². The standard InChI is InChI=1S/C21H27BN4O8/c1-2-25-8-9-26(19(29)18(25)28)21(32)24-15(6-7-23)16(27)11-13-10-12-4-3-5-14(20(30)31)17(12)34-22(13)33/h3-5,13,15,33H,2,6-11,23H2,1H3,(H,24,32)(H,30,31)/t13-,15-/m1/s1. The topological polar surface area (TPSA) is 180 Å². The lowest BCUT2D eigenvalue weighted by molar-refractivity contribution is -0.153. The number of nitrogens with zero attached hydrogens (tertiary/aromatic N) is 2. The second-order valence-electron chi connectivity index (χ2n) is 8.16. The fourth-order valence-electron chi connectivity index (χ4n) is 4.10. The number of nitrogens with one attached hydrogen (secondary N) is 1. The van der Waals surface area contributed by atoms with Crippen LogP contribution in [0.25, 0.3) is 0 Å². The summed E-state index contributed by atoms with van der Waals surface area (Å²) >= 11 is 0. The summed E-state index contributed by atoms with van der Waals surface area (Å²) in [4.78, 5) is 63.5. The molecule has 2 heterocycles. The number of fused-ring (bicyclic) bond motifs is 1. The lowest BCUT2D eigenvalue weighted by atomic mass is 9.64. The van der Waals surface area contributed by atoms with E-state index in [-0.39, 0.29) is 50.2 Å². The number of urea groups is 1. The molecule has 34 heavy (non-hydrogen) atoms. The Kier molecular flexibility index (Phi) is 7.89. The minimum Gasteiger partial charge on any atom is -0.535 e. The van der Waals surface area contributed by atoms with Crippen LogP contribution in [0, 0.1) is 0 Å². The number of imide groups is 1. The number of para-hydroxylation sites is 1. The van der Waals surface area contributed by atoms with Crippen LogP contribution < -0.4 is 15.7 Å². The Balaban J connectivity index is 1.68. The van der Waals surface area contributed by atoms with Gasteiger partial charge in [-0.25, -0.2) is 9.59 Å². The Morgan fingerprint density at radius 1 is 1.26 bits per heavy atom. The molecule has 1 aromatic carbocycles. The molecule has 13 heteroatoms. The summed E-state index contributed by atoms with van der Waals surface area (Å²) in [6, 6.07) is 2.67. The number of rotatable bonds is 8. The van der Waals surface area contributed by atoms with Gasteiger partial charge in [0, 0.05) is 31.9 Å². The third-order valence-electron chi connectivity index (χ3n) is 5.99. The number of hydrogen-bond donors (Lipinski definition) is 4. The van der Waals surface area contributed by atoms with Crippen molar-refractivity contribution in [1.82, 2.24) is 15.1 Å². The average molecular weight is 474 g/mol. The maximum Gasteiger partial charge on any atom is 0.526 e. The van der Waals surface area contributed by atoms with E-state index in [2.05, 4.69) is 5.32 Å². The number of carboxylic acids is 1. The summed E-state index contributed by atoms with van der Waals surface area (Å²) in [6.07, 6.45) is 0.100. The van der Waals surface area contributed by atoms with Gasteiger partial charge in [-0.05, 0) is 37.9 Å². The molecule has 0 bridgehead atoms. The maximum absolute atomic E-state index is 13.0. The maximum atomic E-state index is 13.0. The van der Waals surface area contributed by atoms with Gasteiger partial charge in [0.1, 0.15) is 5.75 Å². The quantitative estimate of drug-likeness (QED) is 0.278. The summed E-state index contributed by atoms with van der Waals surface area (Å²) < 4.78 is 5.42. The van der Waals surface area contributed by atoms with Crippen LogP contribution in [0.15, 0.2) is 18.2 Å². The lowest BCUT2D eigenvalue weighted by Crippen LogP contribution is -2.60. The van der Waals surface area contributed by atoms with Crippen LogP contribution in [0.1, 0.15) is 35.7 Å². The highest BCUT2D eigenvalue weighted by Gasteiger charge is 2.40. The molecule has 0 aromatic heterocycles. The number of hydrogen-bond acceptors (Lipinski definition) is 8. The number of piperazine rings is 1. The molecule has 182 valence electrons. The highest BCUT2D eigenvalue weighted by atomic mass is 16.5. The van der Waals surface area contributed by atoms with Crippen molar-refractivity contribution < 1.29 is 38.8 Å². The molecule has 2 aliphatic rings. The van der Waals surface area contributed by atoms with Crippen molar-refractivity contribution in [2.45, 2.75) is 38.0 Å². The number of carboxylic acid groups (broad SMARTS) is 1. The molecule has 12 nitrogen and oxygen atoms in total. The predicted molar refractivity (Wildman–Crippen MR) is 119 cm³/mol. The van der Waals surface area contributed by atoms with Crippen molar-refractivity contribution in [1.29, 1.82) is 0 Å². The van der Waals surface area contributed by atoms with Crippen molar-refractivity contribution in [2.24, 2.45) is 5.73 Å². The number of aromatic carboxylic acids is 1. The van der Waals surface area contributed by atoms with Crippen LogP contribution in [0.4, 0.5) is 4.79 Å². The zero-order valence-corrected chi connectivity index (χ0v) is 18.7. The van der Waals surface area contributed by atoms with Gasteiger partial charge < -0.3 is 30.7 Å². The van der Waals surface area contributed by atoms with Gasteiger partial charge in [0.05, 0.1) is 11.6 Å². The number of carbonyl (C=O) groups excluding carboxylic acids is 4. The Bertz CT molecular complexity index is 1000. The summed E-state index contributed by atoms with van der Waals surface area (Å²) in [5.41, 5.74) is 6.06. The van der Waals surface area contributed by atoms with Crippen LogP contribution in [0.3, 0.4) is 0 Å². The van der Waals surface area contributed by atoms with E-state index in [9.17, 15) is 34.1 Å². The number of amides is 4. The smallest absolute Gasteiger partial charge is 0.526 e. The molecule has 3 rings (SSSR count). The van der Waals surface area contributed by atoms with E-state index in [1.807, 2.05) is 0 Å². The summed E-state index contributed by atoms with van der Waals surface area (Å²) in [5.74, 6) is -4.00. The third-order valence-corrected chi connectivity index (χ3v) is 5.99. The average Bonchev–Trinajstić information content (AvgIpc) is 2.80. The molecule has 1 aromatic rings. The van der Waals surface area contributed by atoms with Crippen LogP contribution in [0.5, 0.6) is 5.75 Å². The zero-order chi connectivity index (χ0) is 25.0. The van der Waals surface area contributed by atoms with E-state index in [0.717, 1.165) is 4.90 Å². The van der Waals surface area contributed by atoms with E-state index in [1.54, 1.807) is 19.1 Å². The number of likely N-dealkylation sites (N-methyl/N-ethyl adjacent to an activating group) is 1. The first-order valence-corrected chi connectivity index (χ1v) is 11.0. The molecule has 0 unspecified atom stereocenters. The van der Waals surface area contributed by atoms with E-state index in [1.165, 1.54) is 11.0 Å². The molecule has 4 amide bonds. The summed E-state index contributed by atoms with van der Waals surface area (Å²) in [7, 11) is -1.42. The fourth-order valence-corrected chi connectivity index (χ4v) is 4.10. The largest absolute Gasteiger partial charge is 0.535 e. The Labute approximate surface area is 196 Å². The molecule has 0 radical (unpaired) electrons. The molecule has 2 aliphatic heterocycles. The lowest BCUT2D eigenvalue weighted by Gasteiger charge is -2.33. The van der Waals surface area contributed by atoms with Crippen molar-refractivity contribution in [3.8, 4) is 5.75 Å². The molecule has 0 aliphatic carbocycles. The van der Waals surface area contributed by atoms with Gasteiger partial charge in [0.2, 0.25) is 0 Å². The van der Waals surface area contributed by atoms with Crippen LogP contribution in [0.2, 0.25) is 5.82 Å². The number of ketones is 1. The third kappa shape index (κ3) is 5.20. The molecule has 0 spiro atoms. The SMILES string of the molecule is CCN1CCN(C(=O)N[C@H](CCN)C(=O)C[C@H]2Cc3cccc(C(=O)O)c3OB2O)C(=O)C1=O. The van der Waals surface area contributed by atoms with Crippen molar-refractivity contribution in [3.63, 3.8) is 0 Å². The Morgan fingerprint density at radius 2 is 2.00 bits per heavy atom. The molecule has 2 atom stereocenters. The number of Topliss-reactive ketones (excluding diaryl/α,β-unsaturated/α-hetero) is 1. The predicted octanol–water partition coefficient (Wildman–Crippen LogP) is -0.753. The van der Waals surface area contributed by atoms with E-state index >= 15 is 0 Å². The van der Waals surface area contributed by atoms with Gasteiger partial charge in [-0.15, -0.1) is 0 Å².